The molecule has 0 aliphatic carbocycles. The summed E-state index contributed by atoms with van der Waals surface area (Å²) in [7, 11) is 1.70. The molecule has 0 radical (unpaired) electrons. The molecule has 1 N–H and O–H groups in total. The van der Waals surface area contributed by atoms with Crippen LogP contribution in [0.3, 0.4) is 0 Å². The van der Waals surface area contributed by atoms with Gasteiger partial charge in [-0.2, -0.15) is 0 Å². The molecule has 0 bridgehead atoms. The lowest BCUT2D eigenvalue weighted by atomic mass is 9.92. The number of aromatic amines is 1. The highest BCUT2D eigenvalue weighted by Gasteiger charge is 2.32. The Bertz CT molecular complexity index is 1120. The van der Waals surface area contributed by atoms with Crippen molar-refractivity contribution in [2.45, 2.75) is 12.5 Å². The molecule has 1 unspecified atom stereocenters. The highest BCUT2D eigenvalue weighted by Crippen LogP contribution is 2.41. The van der Waals surface area contributed by atoms with Gasteiger partial charge in [-0.1, -0.05) is 41.9 Å². The first-order valence-electron chi connectivity index (χ1n) is 9.50. The van der Waals surface area contributed by atoms with Crippen LogP contribution in [-0.2, 0) is 6.42 Å². The van der Waals surface area contributed by atoms with Crippen LogP contribution in [-0.4, -0.2) is 18.6 Å². The lowest BCUT2D eigenvalue weighted by molar-refractivity contribution is 0.414. The van der Waals surface area contributed by atoms with E-state index in [0.717, 1.165) is 29.3 Å². The zero-order chi connectivity index (χ0) is 19.1. The van der Waals surface area contributed by atoms with Crippen molar-refractivity contribution >= 4 is 28.2 Å². The second kappa shape index (κ2) is 6.92. The largest absolute Gasteiger partial charge is 0.497 e. The van der Waals surface area contributed by atoms with Gasteiger partial charge in [-0.3, -0.25) is 0 Å². The minimum atomic E-state index is 0.114. The molecule has 0 saturated carbocycles. The molecule has 4 heteroatoms. The Kier molecular flexibility index (Phi) is 4.25. The molecule has 3 aromatic carbocycles. The Hall–Kier alpha value is -2.91. The third-order valence-electron chi connectivity index (χ3n) is 5.61. The zero-order valence-corrected chi connectivity index (χ0v) is 16.4. The molecule has 0 fully saturated rings. The lowest BCUT2D eigenvalue weighted by Gasteiger charge is -2.38. The SMILES string of the molecule is COc1ccc(C2c3[nH]c4ccc(Cl)cc4c3CCN2c2ccccc2)cc1. The number of anilines is 1. The van der Waals surface area contributed by atoms with Crippen molar-refractivity contribution in [1.29, 1.82) is 0 Å². The third-order valence-corrected chi connectivity index (χ3v) is 5.84. The predicted octanol–water partition coefficient (Wildman–Crippen LogP) is 5.98. The van der Waals surface area contributed by atoms with Gasteiger partial charge in [0.1, 0.15) is 5.75 Å². The van der Waals surface area contributed by atoms with Gasteiger partial charge in [0.25, 0.3) is 0 Å². The number of rotatable bonds is 3. The molecule has 140 valence electrons. The number of ether oxygens (including phenoxy) is 1. The van der Waals surface area contributed by atoms with Crippen molar-refractivity contribution in [1.82, 2.24) is 4.98 Å². The maximum absolute atomic E-state index is 6.29. The number of hydrogen-bond acceptors (Lipinski definition) is 2. The predicted molar refractivity (Wildman–Crippen MR) is 116 cm³/mol. The maximum atomic E-state index is 6.29. The quantitative estimate of drug-likeness (QED) is 0.467. The summed E-state index contributed by atoms with van der Waals surface area (Å²) in [6.45, 7) is 0.952. The Morgan fingerprint density at radius 1 is 1.00 bits per heavy atom. The van der Waals surface area contributed by atoms with Crippen molar-refractivity contribution in [3.05, 3.63) is 94.6 Å². The van der Waals surface area contributed by atoms with Crippen molar-refractivity contribution < 1.29 is 4.74 Å². The first-order valence-corrected chi connectivity index (χ1v) is 9.88. The van der Waals surface area contributed by atoms with E-state index in [2.05, 4.69) is 64.5 Å². The van der Waals surface area contributed by atoms with Crippen LogP contribution in [0.25, 0.3) is 10.9 Å². The van der Waals surface area contributed by atoms with E-state index in [-0.39, 0.29) is 6.04 Å². The molecular weight excluding hydrogens is 368 g/mol. The van der Waals surface area contributed by atoms with Gasteiger partial charge in [0.05, 0.1) is 13.2 Å². The molecular formula is C24H21ClN2O. The van der Waals surface area contributed by atoms with Gasteiger partial charge in [0.15, 0.2) is 0 Å². The molecule has 1 aliphatic heterocycles. The molecule has 1 aliphatic rings. The van der Waals surface area contributed by atoms with Crippen LogP contribution in [0, 0.1) is 0 Å². The van der Waals surface area contributed by atoms with Crippen molar-refractivity contribution in [3.8, 4) is 5.75 Å². The van der Waals surface area contributed by atoms with Crippen LogP contribution in [0.2, 0.25) is 5.02 Å². The molecule has 4 aromatic rings. The Balaban J connectivity index is 1.70. The van der Waals surface area contributed by atoms with E-state index < -0.39 is 0 Å². The smallest absolute Gasteiger partial charge is 0.118 e. The fourth-order valence-electron chi connectivity index (χ4n) is 4.29. The summed E-state index contributed by atoms with van der Waals surface area (Å²) in [5.74, 6) is 0.870. The van der Waals surface area contributed by atoms with E-state index in [0.29, 0.717) is 0 Å². The van der Waals surface area contributed by atoms with E-state index in [1.54, 1.807) is 7.11 Å². The summed E-state index contributed by atoms with van der Waals surface area (Å²) in [4.78, 5) is 6.16. The average molecular weight is 389 g/mol. The van der Waals surface area contributed by atoms with Crippen molar-refractivity contribution in [3.63, 3.8) is 0 Å². The Morgan fingerprint density at radius 2 is 1.79 bits per heavy atom. The van der Waals surface area contributed by atoms with Crippen LogP contribution in [0.5, 0.6) is 5.75 Å². The molecule has 0 spiro atoms. The molecule has 5 rings (SSSR count). The number of nitrogens with zero attached hydrogens (tertiary/aromatic N) is 1. The van der Waals surface area contributed by atoms with E-state index >= 15 is 0 Å². The minimum Gasteiger partial charge on any atom is -0.497 e. The molecule has 0 amide bonds. The molecule has 1 atom stereocenters. The number of fused-ring (bicyclic) bond motifs is 3. The molecule has 0 saturated heterocycles. The van der Waals surface area contributed by atoms with Crippen molar-refractivity contribution in [2.24, 2.45) is 0 Å². The topological polar surface area (TPSA) is 28.3 Å². The Morgan fingerprint density at radius 3 is 2.54 bits per heavy atom. The monoisotopic (exact) mass is 388 g/mol. The van der Waals surface area contributed by atoms with E-state index in [9.17, 15) is 0 Å². The van der Waals surface area contributed by atoms with Crippen LogP contribution >= 0.6 is 11.6 Å². The number of methoxy groups -OCH3 is 1. The summed E-state index contributed by atoms with van der Waals surface area (Å²) in [6.07, 6.45) is 0.983. The first-order chi connectivity index (χ1) is 13.7. The van der Waals surface area contributed by atoms with Gasteiger partial charge in [0, 0.05) is 33.9 Å². The van der Waals surface area contributed by atoms with E-state index in [1.807, 2.05) is 18.2 Å². The lowest BCUT2D eigenvalue weighted by Crippen LogP contribution is -2.36. The number of aromatic nitrogens is 1. The Labute approximate surface area is 169 Å². The second-order valence-corrected chi connectivity index (χ2v) is 7.60. The summed E-state index contributed by atoms with van der Waals surface area (Å²) in [5, 5.41) is 2.01. The zero-order valence-electron chi connectivity index (χ0n) is 15.7. The van der Waals surface area contributed by atoms with Gasteiger partial charge in [-0.25, -0.2) is 0 Å². The van der Waals surface area contributed by atoms with Gasteiger partial charge in [0.2, 0.25) is 0 Å². The molecule has 1 aromatic heterocycles. The molecule has 2 heterocycles. The second-order valence-electron chi connectivity index (χ2n) is 7.16. The number of benzene rings is 3. The van der Waals surface area contributed by atoms with Gasteiger partial charge < -0.3 is 14.6 Å². The van der Waals surface area contributed by atoms with Crippen LogP contribution < -0.4 is 9.64 Å². The van der Waals surface area contributed by atoms with E-state index in [1.165, 1.54) is 27.9 Å². The van der Waals surface area contributed by atoms with Crippen LogP contribution in [0.4, 0.5) is 5.69 Å². The van der Waals surface area contributed by atoms with Crippen LogP contribution in [0.15, 0.2) is 72.8 Å². The number of hydrogen-bond donors (Lipinski definition) is 1. The number of halogens is 1. The fraction of sp³-hybridized carbons (Fsp3) is 0.167. The van der Waals surface area contributed by atoms with Gasteiger partial charge in [-0.05, 0) is 60.0 Å². The summed E-state index contributed by atoms with van der Waals surface area (Å²) < 4.78 is 5.36. The molecule has 3 nitrogen and oxygen atoms in total. The minimum absolute atomic E-state index is 0.114. The first kappa shape index (κ1) is 17.2. The van der Waals surface area contributed by atoms with Crippen molar-refractivity contribution in [2.75, 3.05) is 18.6 Å². The van der Waals surface area contributed by atoms with E-state index in [4.69, 9.17) is 16.3 Å². The summed E-state index contributed by atoms with van der Waals surface area (Å²) in [6, 6.07) is 25.2. The average Bonchev–Trinajstić information content (AvgIpc) is 3.11. The summed E-state index contributed by atoms with van der Waals surface area (Å²) in [5.41, 5.74) is 6.22. The van der Waals surface area contributed by atoms with Gasteiger partial charge >= 0.3 is 0 Å². The van der Waals surface area contributed by atoms with Crippen LogP contribution in [0.1, 0.15) is 22.9 Å². The fourth-order valence-corrected chi connectivity index (χ4v) is 4.46. The highest BCUT2D eigenvalue weighted by atomic mass is 35.5. The number of H-pyrrole nitrogens is 1. The normalized spacial score (nSPS) is 16.2. The molecule has 28 heavy (non-hydrogen) atoms. The third kappa shape index (κ3) is 2.83. The number of nitrogens with one attached hydrogen (secondary N) is 1. The highest BCUT2D eigenvalue weighted by molar-refractivity contribution is 6.31. The van der Waals surface area contributed by atoms with Gasteiger partial charge in [-0.15, -0.1) is 0 Å². The summed E-state index contributed by atoms with van der Waals surface area (Å²) >= 11 is 6.29. The standard InChI is InChI=1S/C24H21ClN2O/c1-28-19-10-7-16(8-11-19)24-23-20(21-15-17(25)9-12-22(21)26-23)13-14-27(24)18-5-3-2-4-6-18/h2-12,15,24,26H,13-14H2,1H3. The number of para-hydroxylation sites is 1. The maximum Gasteiger partial charge on any atom is 0.118 e.